The van der Waals surface area contributed by atoms with Crippen LogP contribution in [0.3, 0.4) is 0 Å². The predicted octanol–water partition coefficient (Wildman–Crippen LogP) is 4.42. The zero-order valence-electron chi connectivity index (χ0n) is 16.4. The fourth-order valence-corrected chi connectivity index (χ4v) is 5.64. The SMILES string of the molecule is Cc1ccc(SC2CCCC2)c(C(=O)N2CCCC(c3ccnc(N)n3)C2)c1. The zero-order chi connectivity index (χ0) is 19.5. The van der Waals surface area contributed by atoms with Gasteiger partial charge in [-0.05, 0) is 50.8 Å². The molecule has 1 aromatic heterocycles. The summed E-state index contributed by atoms with van der Waals surface area (Å²) >= 11 is 1.89. The number of anilines is 1. The molecule has 2 aliphatic rings. The van der Waals surface area contributed by atoms with Gasteiger partial charge in [-0.1, -0.05) is 24.5 Å². The molecular weight excluding hydrogens is 368 g/mol. The van der Waals surface area contributed by atoms with E-state index in [1.54, 1.807) is 6.20 Å². The van der Waals surface area contributed by atoms with E-state index in [-0.39, 0.29) is 11.8 Å². The van der Waals surface area contributed by atoms with Crippen molar-refractivity contribution in [3.63, 3.8) is 0 Å². The second kappa shape index (κ2) is 8.52. The van der Waals surface area contributed by atoms with E-state index in [1.807, 2.05) is 22.7 Å². The molecule has 5 nitrogen and oxygen atoms in total. The average molecular weight is 397 g/mol. The molecule has 0 spiro atoms. The molecule has 1 saturated carbocycles. The Morgan fingerprint density at radius 3 is 2.79 bits per heavy atom. The van der Waals surface area contributed by atoms with Crippen molar-refractivity contribution >= 4 is 23.6 Å². The van der Waals surface area contributed by atoms with Crippen molar-refractivity contribution in [2.75, 3.05) is 18.8 Å². The number of aromatic nitrogens is 2. The largest absolute Gasteiger partial charge is 0.368 e. The Morgan fingerprint density at radius 2 is 2.00 bits per heavy atom. The maximum Gasteiger partial charge on any atom is 0.255 e. The van der Waals surface area contributed by atoms with Crippen LogP contribution in [0.1, 0.15) is 66.1 Å². The average Bonchev–Trinajstić information content (AvgIpc) is 3.22. The Balaban J connectivity index is 1.54. The molecule has 1 aliphatic heterocycles. The van der Waals surface area contributed by atoms with Crippen molar-refractivity contribution < 1.29 is 4.79 Å². The van der Waals surface area contributed by atoms with Crippen LogP contribution < -0.4 is 5.73 Å². The normalized spacial score (nSPS) is 20.5. The molecule has 2 N–H and O–H groups in total. The number of nitrogen functional groups attached to an aromatic ring is 1. The highest BCUT2D eigenvalue weighted by atomic mass is 32.2. The van der Waals surface area contributed by atoms with Gasteiger partial charge in [-0.25, -0.2) is 9.97 Å². The number of nitrogens with zero attached hydrogens (tertiary/aromatic N) is 3. The van der Waals surface area contributed by atoms with Crippen LogP contribution in [0.4, 0.5) is 5.95 Å². The van der Waals surface area contributed by atoms with Gasteiger partial charge in [0, 0.05) is 35.3 Å². The summed E-state index contributed by atoms with van der Waals surface area (Å²) in [5, 5.41) is 0.646. The van der Waals surface area contributed by atoms with Gasteiger partial charge in [-0.2, -0.15) is 0 Å². The number of piperidine rings is 1. The minimum absolute atomic E-state index is 0.149. The van der Waals surface area contributed by atoms with Gasteiger partial charge in [0.05, 0.1) is 11.3 Å². The van der Waals surface area contributed by atoms with Gasteiger partial charge in [0.1, 0.15) is 0 Å². The van der Waals surface area contributed by atoms with Gasteiger partial charge in [-0.15, -0.1) is 11.8 Å². The summed E-state index contributed by atoms with van der Waals surface area (Å²) in [6, 6.07) is 8.24. The molecule has 1 unspecified atom stereocenters. The first-order valence-corrected chi connectivity index (χ1v) is 11.1. The van der Waals surface area contributed by atoms with Gasteiger partial charge in [0.15, 0.2) is 0 Å². The molecule has 0 radical (unpaired) electrons. The Bertz CT molecular complexity index is 850. The number of carbonyl (C=O) groups excluding carboxylic acids is 1. The smallest absolute Gasteiger partial charge is 0.255 e. The van der Waals surface area contributed by atoms with Crippen LogP contribution >= 0.6 is 11.8 Å². The van der Waals surface area contributed by atoms with Crippen LogP contribution in [0.2, 0.25) is 0 Å². The number of thioether (sulfide) groups is 1. The standard InChI is InChI=1S/C22H28N4OS/c1-15-8-9-20(28-17-6-2-3-7-17)18(13-15)21(27)26-12-4-5-16(14-26)19-10-11-24-22(23)25-19/h8-11,13,16-17H,2-7,12,14H2,1H3,(H2,23,24,25). The summed E-state index contributed by atoms with van der Waals surface area (Å²) in [7, 11) is 0. The molecule has 1 saturated heterocycles. The van der Waals surface area contributed by atoms with Crippen molar-refractivity contribution in [1.82, 2.24) is 14.9 Å². The lowest BCUT2D eigenvalue weighted by molar-refractivity contribution is 0.0702. The summed E-state index contributed by atoms with van der Waals surface area (Å²) in [5.74, 6) is 0.671. The first-order valence-electron chi connectivity index (χ1n) is 10.2. The lowest BCUT2D eigenvalue weighted by Crippen LogP contribution is -2.39. The van der Waals surface area contributed by atoms with Crippen molar-refractivity contribution in [1.29, 1.82) is 0 Å². The molecule has 1 aliphatic carbocycles. The molecule has 4 rings (SSSR count). The molecule has 148 valence electrons. The molecule has 0 bridgehead atoms. The van der Waals surface area contributed by atoms with Crippen LogP contribution in [0.25, 0.3) is 0 Å². The van der Waals surface area contributed by atoms with E-state index in [4.69, 9.17) is 5.73 Å². The number of likely N-dealkylation sites (tertiary alicyclic amines) is 1. The number of hydrogen-bond donors (Lipinski definition) is 1. The molecule has 2 heterocycles. The molecule has 2 fully saturated rings. The van der Waals surface area contributed by atoms with E-state index >= 15 is 0 Å². The van der Waals surface area contributed by atoms with Crippen LogP contribution in [-0.2, 0) is 0 Å². The number of aryl methyl sites for hydroxylation is 1. The van der Waals surface area contributed by atoms with Gasteiger partial charge in [0.2, 0.25) is 5.95 Å². The molecule has 28 heavy (non-hydrogen) atoms. The highest BCUT2D eigenvalue weighted by Gasteiger charge is 2.28. The van der Waals surface area contributed by atoms with Crippen LogP contribution in [0.5, 0.6) is 0 Å². The molecule has 1 amide bonds. The Labute approximate surface area is 171 Å². The maximum absolute atomic E-state index is 13.4. The first-order chi connectivity index (χ1) is 13.6. The summed E-state index contributed by atoms with van der Waals surface area (Å²) in [4.78, 5) is 25.0. The first kappa shape index (κ1) is 19.2. The fraction of sp³-hybridized carbons (Fsp3) is 0.500. The second-order valence-corrected chi connectivity index (χ2v) is 9.30. The number of hydrogen-bond acceptors (Lipinski definition) is 5. The molecule has 1 atom stereocenters. The van der Waals surface area contributed by atoms with Crippen molar-refractivity contribution in [2.24, 2.45) is 0 Å². The predicted molar refractivity (Wildman–Crippen MR) is 114 cm³/mol. The summed E-state index contributed by atoms with van der Waals surface area (Å²) in [6.45, 7) is 3.55. The van der Waals surface area contributed by atoms with Crippen molar-refractivity contribution in [2.45, 2.75) is 61.5 Å². The van der Waals surface area contributed by atoms with Crippen LogP contribution in [0, 0.1) is 6.92 Å². The Kier molecular flexibility index (Phi) is 5.85. The van der Waals surface area contributed by atoms with Gasteiger partial charge >= 0.3 is 0 Å². The Hall–Kier alpha value is -2.08. The van der Waals surface area contributed by atoms with Crippen molar-refractivity contribution in [3.05, 3.63) is 47.3 Å². The lowest BCUT2D eigenvalue weighted by Gasteiger charge is -2.33. The Morgan fingerprint density at radius 1 is 1.18 bits per heavy atom. The van der Waals surface area contributed by atoms with E-state index in [9.17, 15) is 4.79 Å². The van der Waals surface area contributed by atoms with E-state index in [0.717, 1.165) is 41.1 Å². The number of rotatable bonds is 4. The van der Waals surface area contributed by atoms with Crippen LogP contribution in [-0.4, -0.2) is 39.1 Å². The van der Waals surface area contributed by atoms with Gasteiger partial charge in [-0.3, -0.25) is 4.79 Å². The number of nitrogens with two attached hydrogens (primary N) is 1. The third-order valence-corrected chi connectivity index (χ3v) is 7.20. The highest BCUT2D eigenvalue weighted by molar-refractivity contribution is 8.00. The monoisotopic (exact) mass is 396 g/mol. The summed E-state index contributed by atoms with van der Waals surface area (Å²) in [6.07, 6.45) is 8.84. The van der Waals surface area contributed by atoms with E-state index in [0.29, 0.717) is 17.7 Å². The molecular formula is C22H28N4OS. The topological polar surface area (TPSA) is 72.1 Å². The quantitative estimate of drug-likeness (QED) is 0.828. The third-order valence-electron chi connectivity index (χ3n) is 5.78. The van der Waals surface area contributed by atoms with Crippen LogP contribution in [0.15, 0.2) is 35.4 Å². The van der Waals surface area contributed by atoms with E-state index < -0.39 is 0 Å². The number of amides is 1. The van der Waals surface area contributed by atoms with Gasteiger partial charge in [0.25, 0.3) is 5.91 Å². The van der Waals surface area contributed by atoms with E-state index in [1.165, 1.54) is 25.7 Å². The zero-order valence-corrected chi connectivity index (χ0v) is 17.3. The fourth-order valence-electron chi connectivity index (χ4n) is 4.29. The highest BCUT2D eigenvalue weighted by Crippen LogP contribution is 2.37. The maximum atomic E-state index is 13.4. The number of benzene rings is 1. The molecule has 1 aromatic carbocycles. The van der Waals surface area contributed by atoms with E-state index in [2.05, 4.69) is 35.1 Å². The number of carbonyl (C=O) groups is 1. The second-order valence-electron chi connectivity index (χ2n) is 7.95. The minimum atomic E-state index is 0.149. The van der Waals surface area contributed by atoms with Crippen molar-refractivity contribution in [3.8, 4) is 0 Å². The third kappa shape index (κ3) is 4.32. The summed E-state index contributed by atoms with van der Waals surface area (Å²) in [5.41, 5.74) is 8.70. The molecule has 6 heteroatoms. The molecule has 2 aromatic rings. The minimum Gasteiger partial charge on any atom is -0.368 e. The summed E-state index contributed by atoms with van der Waals surface area (Å²) < 4.78 is 0. The lowest BCUT2D eigenvalue weighted by atomic mass is 9.94. The van der Waals surface area contributed by atoms with Gasteiger partial charge < -0.3 is 10.6 Å².